The fraction of sp³-hybridized carbons (Fsp3) is 0.500. The summed E-state index contributed by atoms with van der Waals surface area (Å²) in [5.41, 5.74) is -0.767. The molecule has 1 unspecified atom stereocenters. The van der Waals surface area contributed by atoms with Crippen molar-refractivity contribution < 1.29 is 27.8 Å². The topological polar surface area (TPSA) is 58.6 Å². The number of amides is 1. The molecule has 0 aliphatic carbocycles. The molecule has 0 aromatic heterocycles. The monoisotopic (exact) mass is 305 g/mol. The van der Waals surface area contributed by atoms with Crippen LogP contribution in [0.15, 0.2) is 24.3 Å². The van der Waals surface area contributed by atoms with Gasteiger partial charge in [0.15, 0.2) is 6.61 Å². The summed E-state index contributed by atoms with van der Waals surface area (Å²) in [5, 5.41) is 11.3. The Morgan fingerprint density at radius 3 is 2.48 bits per heavy atom. The van der Waals surface area contributed by atoms with E-state index < -0.39 is 11.7 Å². The molecule has 1 amide bonds. The number of carbonyl (C=O) groups is 1. The van der Waals surface area contributed by atoms with Crippen LogP contribution in [0.5, 0.6) is 5.75 Å². The minimum absolute atomic E-state index is 0.0547. The second-order valence-corrected chi connectivity index (χ2v) is 4.73. The van der Waals surface area contributed by atoms with Crippen LogP contribution < -0.4 is 10.1 Å². The second-order valence-electron chi connectivity index (χ2n) is 4.73. The largest absolute Gasteiger partial charge is 0.484 e. The summed E-state index contributed by atoms with van der Waals surface area (Å²) in [6.45, 7) is 2.08. The fourth-order valence-corrected chi connectivity index (χ4v) is 1.55. The summed E-state index contributed by atoms with van der Waals surface area (Å²) in [4.78, 5) is 11.5. The van der Waals surface area contributed by atoms with Crippen LogP contribution in [0.4, 0.5) is 13.2 Å². The summed E-state index contributed by atoms with van der Waals surface area (Å²) in [6.07, 6.45) is -3.81. The zero-order chi connectivity index (χ0) is 15.9. The van der Waals surface area contributed by atoms with Gasteiger partial charge in [-0.15, -0.1) is 0 Å². The predicted molar refractivity (Wildman–Crippen MR) is 70.8 cm³/mol. The molecular weight excluding hydrogens is 287 g/mol. The minimum Gasteiger partial charge on any atom is -0.484 e. The van der Waals surface area contributed by atoms with Crippen molar-refractivity contribution in [3.8, 4) is 5.75 Å². The molecule has 1 atom stereocenters. The zero-order valence-corrected chi connectivity index (χ0v) is 11.6. The van der Waals surface area contributed by atoms with E-state index in [-0.39, 0.29) is 30.8 Å². The van der Waals surface area contributed by atoms with Gasteiger partial charge in [0.1, 0.15) is 5.75 Å². The number of rotatable bonds is 7. The summed E-state index contributed by atoms with van der Waals surface area (Å²) < 4.78 is 42.1. The van der Waals surface area contributed by atoms with Gasteiger partial charge in [-0.2, -0.15) is 13.2 Å². The zero-order valence-electron chi connectivity index (χ0n) is 11.6. The predicted octanol–water partition coefficient (Wildman–Crippen LogP) is 2.22. The lowest BCUT2D eigenvalue weighted by molar-refractivity contribution is -0.137. The first-order chi connectivity index (χ1) is 9.82. The van der Waals surface area contributed by atoms with Crippen LogP contribution in [0.3, 0.4) is 0 Å². The van der Waals surface area contributed by atoms with Gasteiger partial charge >= 0.3 is 6.18 Å². The average molecular weight is 305 g/mol. The Bertz CT molecular complexity index is 446. The molecule has 2 N–H and O–H groups in total. The van der Waals surface area contributed by atoms with Gasteiger partial charge in [-0.1, -0.05) is 6.92 Å². The third-order valence-corrected chi connectivity index (χ3v) is 2.82. The first kappa shape index (κ1) is 17.3. The maximum atomic E-state index is 12.3. The Kier molecular flexibility index (Phi) is 6.48. The Morgan fingerprint density at radius 2 is 1.95 bits per heavy atom. The van der Waals surface area contributed by atoms with Gasteiger partial charge in [0.2, 0.25) is 0 Å². The van der Waals surface area contributed by atoms with E-state index in [9.17, 15) is 18.0 Å². The molecular formula is C14H18F3NO3. The van der Waals surface area contributed by atoms with Crippen molar-refractivity contribution >= 4 is 5.91 Å². The average Bonchev–Trinajstić information content (AvgIpc) is 2.43. The standard InChI is InChI=1S/C14H18F3NO3/c1-10(6-7-19)8-18-13(20)9-21-12-4-2-11(3-5-12)14(15,16)17/h2-5,10,19H,6-9H2,1H3,(H,18,20). The maximum absolute atomic E-state index is 12.3. The molecule has 7 heteroatoms. The molecule has 4 nitrogen and oxygen atoms in total. The third kappa shape index (κ3) is 6.48. The van der Waals surface area contributed by atoms with E-state index >= 15 is 0 Å². The van der Waals surface area contributed by atoms with Crippen molar-refractivity contribution in [1.29, 1.82) is 0 Å². The van der Waals surface area contributed by atoms with Crippen LogP contribution in [0.1, 0.15) is 18.9 Å². The van der Waals surface area contributed by atoms with Crippen molar-refractivity contribution in [2.75, 3.05) is 19.8 Å². The molecule has 0 bridgehead atoms. The van der Waals surface area contributed by atoms with Crippen molar-refractivity contribution in [3.63, 3.8) is 0 Å². The Morgan fingerprint density at radius 1 is 1.33 bits per heavy atom. The highest BCUT2D eigenvalue weighted by atomic mass is 19.4. The van der Waals surface area contributed by atoms with Crippen LogP contribution in [-0.2, 0) is 11.0 Å². The van der Waals surface area contributed by atoms with E-state index in [4.69, 9.17) is 9.84 Å². The van der Waals surface area contributed by atoms with E-state index in [0.717, 1.165) is 12.1 Å². The van der Waals surface area contributed by atoms with Crippen LogP contribution in [0, 0.1) is 5.92 Å². The summed E-state index contributed by atoms with van der Waals surface area (Å²) in [5.74, 6) is -0.0220. The van der Waals surface area contributed by atoms with Gasteiger partial charge in [-0.3, -0.25) is 4.79 Å². The first-order valence-electron chi connectivity index (χ1n) is 6.50. The lowest BCUT2D eigenvalue weighted by Gasteiger charge is -2.12. The van der Waals surface area contributed by atoms with Crippen LogP contribution in [-0.4, -0.2) is 30.8 Å². The molecule has 0 aliphatic heterocycles. The Hall–Kier alpha value is -1.76. The highest BCUT2D eigenvalue weighted by molar-refractivity contribution is 5.77. The number of halogens is 3. The minimum atomic E-state index is -4.39. The van der Waals surface area contributed by atoms with Gasteiger partial charge in [0.25, 0.3) is 5.91 Å². The smallest absolute Gasteiger partial charge is 0.416 e. The molecule has 0 saturated carbocycles. The molecule has 0 aliphatic rings. The molecule has 1 aromatic carbocycles. The third-order valence-electron chi connectivity index (χ3n) is 2.82. The van der Waals surface area contributed by atoms with Gasteiger partial charge < -0.3 is 15.2 Å². The number of alkyl halides is 3. The number of ether oxygens (including phenoxy) is 1. The van der Waals surface area contributed by atoms with E-state index in [1.54, 1.807) is 0 Å². The van der Waals surface area contributed by atoms with Crippen LogP contribution in [0.2, 0.25) is 0 Å². The molecule has 1 rings (SSSR count). The fourth-order valence-electron chi connectivity index (χ4n) is 1.55. The molecule has 0 radical (unpaired) electrons. The quantitative estimate of drug-likeness (QED) is 0.812. The van der Waals surface area contributed by atoms with Crippen LogP contribution in [0.25, 0.3) is 0 Å². The number of carbonyl (C=O) groups excluding carboxylic acids is 1. The van der Waals surface area contributed by atoms with E-state index in [1.807, 2.05) is 6.92 Å². The lowest BCUT2D eigenvalue weighted by atomic mass is 10.1. The van der Waals surface area contributed by atoms with Crippen molar-refractivity contribution in [1.82, 2.24) is 5.32 Å². The molecule has 0 fully saturated rings. The second kappa shape index (κ2) is 7.87. The summed E-state index contributed by atoms with van der Waals surface area (Å²) in [6, 6.07) is 4.14. The van der Waals surface area contributed by atoms with E-state index in [1.165, 1.54) is 12.1 Å². The maximum Gasteiger partial charge on any atom is 0.416 e. The van der Waals surface area contributed by atoms with Crippen molar-refractivity contribution in [2.24, 2.45) is 5.92 Å². The van der Waals surface area contributed by atoms with Crippen molar-refractivity contribution in [3.05, 3.63) is 29.8 Å². The number of benzene rings is 1. The number of hydrogen-bond acceptors (Lipinski definition) is 3. The number of aliphatic hydroxyl groups excluding tert-OH is 1. The van der Waals surface area contributed by atoms with E-state index in [2.05, 4.69) is 5.32 Å². The number of aliphatic hydroxyl groups is 1. The highest BCUT2D eigenvalue weighted by Crippen LogP contribution is 2.30. The molecule has 0 saturated heterocycles. The first-order valence-corrected chi connectivity index (χ1v) is 6.50. The van der Waals surface area contributed by atoms with Gasteiger partial charge in [-0.25, -0.2) is 0 Å². The molecule has 21 heavy (non-hydrogen) atoms. The van der Waals surface area contributed by atoms with Crippen molar-refractivity contribution in [2.45, 2.75) is 19.5 Å². The molecule has 1 aromatic rings. The van der Waals surface area contributed by atoms with Gasteiger partial charge in [0.05, 0.1) is 5.56 Å². The normalized spacial score (nSPS) is 12.8. The van der Waals surface area contributed by atoms with Gasteiger partial charge in [-0.05, 0) is 36.6 Å². The SMILES string of the molecule is CC(CCO)CNC(=O)COc1ccc(C(F)(F)F)cc1. The summed E-state index contributed by atoms with van der Waals surface area (Å²) in [7, 11) is 0. The summed E-state index contributed by atoms with van der Waals surface area (Å²) >= 11 is 0. The van der Waals surface area contributed by atoms with Gasteiger partial charge in [0, 0.05) is 13.2 Å². The molecule has 0 heterocycles. The highest BCUT2D eigenvalue weighted by Gasteiger charge is 2.30. The Labute approximate surface area is 120 Å². The van der Waals surface area contributed by atoms with Crippen LogP contribution >= 0.6 is 0 Å². The van der Waals surface area contributed by atoms with E-state index in [0.29, 0.717) is 13.0 Å². The molecule has 0 spiro atoms. The lowest BCUT2D eigenvalue weighted by Crippen LogP contribution is -2.32. The number of nitrogens with one attached hydrogen (secondary N) is 1. The Balaban J connectivity index is 2.36. The molecule has 118 valence electrons. The number of hydrogen-bond donors (Lipinski definition) is 2.